The van der Waals surface area contributed by atoms with Gasteiger partial charge in [0.25, 0.3) is 0 Å². The van der Waals surface area contributed by atoms with Gasteiger partial charge in [-0.2, -0.15) is 28.4 Å². The fourth-order valence-corrected chi connectivity index (χ4v) is 8.83. The Morgan fingerprint density at radius 2 is 2.02 bits per heavy atom. The van der Waals surface area contributed by atoms with E-state index in [-0.39, 0.29) is 59.1 Å². The minimum absolute atomic E-state index is 0.0672. The maximum Gasteiger partial charge on any atom is 0.417 e. The summed E-state index contributed by atoms with van der Waals surface area (Å²) in [7, 11) is 0. The summed E-state index contributed by atoms with van der Waals surface area (Å²) in [6.07, 6.45) is -4.00. The number of alkyl halides is 4. The third kappa shape index (κ3) is 5.61. The molecule has 268 valence electrons. The smallest absolute Gasteiger partial charge is 0.417 e. The van der Waals surface area contributed by atoms with Gasteiger partial charge in [0.05, 0.1) is 32.3 Å². The summed E-state index contributed by atoms with van der Waals surface area (Å²) in [5.74, 6) is -3.09. The van der Waals surface area contributed by atoms with Crippen molar-refractivity contribution in [1.29, 1.82) is 5.26 Å². The summed E-state index contributed by atoms with van der Waals surface area (Å²) in [6.45, 7) is 8.04. The molecule has 3 saturated heterocycles. The van der Waals surface area contributed by atoms with E-state index in [1.807, 2.05) is 4.90 Å². The zero-order valence-corrected chi connectivity index (χ0v) is 28.4. The first-order valence-electron chi connectivity index (χ1n) is 16.2. The number of nitrogens with two attached hydrogens (primary N) is 1. The molecular weight excluding hydrogens is 698 g/mol. The number of halogens is 6. The number of nitriles is 1. The van der Waals surface area contributed by atoms with Crippen LogP contribution in [0.5, 0.6) is 11.9 Å². The first-order valence-corrected chi connectivity index (χ1v) is 17.1. The van der Waals surface area contributed by atoms with Gasteiger partial charge in [-0.1, -0.05) is 12.6 Å². The lowest BCUT2D eigenvalue weighted by Crippen LogP contribution is -2.49. The van der Waals surface area contributed by atoms with Gasteiger partial charge in [-0.3, -0.25) is 9.69 Å². The van der Waals surface area contributed by atoms with Crippen LogP contribution in [-0.4, -0.2) is 75.3 Å². The number of thiophene rings is 1. The molecule has 2 aromatic carbocycles. The molecule has 2 N–H and O–H groups in total. The van der Waals surface area contributed by atoms with Crippen LogP contribution in [0.3, 0.4) is 0 Å². The summed E-state index contributed by atoms with van der Waals surface area (Å²) < 4.78 is 103. The van der Waals surface area contributed by atoms with Crippen molar-refractivity contribution in [2.45, 2.75) is 69.1 Å². The molecule has 51 heavy (non-hydrogen) atoms. The van der Waals surface area contributed by atoms with Crippen molar-refractivity contribution in [2.24, 2.45) is 0 Å². The zero-order valence-electron chi connectivity index (χ0n) is 27.5. The molecule has 0 aliphatic carbocycles. The van der Waals surface area contributed by atoms with Gasteiger partial charge in [-0.25, -0.2) is 13.2 Å². The Labute approximate surface area is 292 Å². The van der Waals surface area contributed by atoms with Crippen LogP contribution in [0.1, 0.15) is 50.7 Å². The Kier molecular flexibility index (Phi) is 8.37. The van der Waals surface area contributed by atoms with E-state index in [1.165, 1.54) is 4.90 Å². The van der Waals surface area contributed by atoms with Crippen molar-refractivity contribution in [2.75, 3.05) is 32.0 Å². The van der Waals surface area contributed by atoms with E-state index in [0.717, 1.165) is 24.6 Å². The highest BCUT2D eigenvalue weighted by Crippen LogP contribution is 2.49. The number of ether oxygens (including phenoxy) is 2. The lowest BCUT2D eigenvalue weighted by molar-refractivity contribution is -0.137. The number of aromatic nitrogens is 2. The van der Waals surface area contributed by atoms with Crippen LogP contribution in [0.25, 0.3) is 32.1 Å². The number of fused-ring (bicyclic) bond motifs is 3. The van der Waals surface area contributed by atoms with Crippen LogP contribution in [0.2, 0.25) is 0 Å². The second-order valence-electron chi connectivity index (χ2n) is 13.7. The number of rotatable bonds is 7. The molecule has 3 fully saturated rings. The first kappa shape index (κ1) is 34.8. The molecule has 5 heterocycles. The molecule has 3 aliphatic heterocycles. The molecule has 0 spiro atoms. The lowest BCUT2D eigenvalue weighted by Gasteiger charge is -2.35. The molecule has 7 rings (SSSR count). The van der Waals surface area contributed by atoms with Crippen molar-refractivity contribution < 1.29 is 40.6 Å². The minimum Gasteiger partial charge on any atom is -0.471 e. The number of amides is 1. The highest BCUT2D eigenvalue weighted by Gasteiger charge is 2.50. The predicted octanol–water partition coefficient (Wildman–Crippen LogP) is 7.16. The summed E-state index contributed by atoms with van der Waals surface area (Å²) >= 11 is 0.660. The van der Waals surface area contributed by atoms with Gasteiger partial charge in [-0.15, -0.1) is 11.3 Å². The standard InChI is InChI=1S/C35H32F6N6O3S/c1-4-24(48)47-11-8-23(33(47,2)3)50-31-19-12-21(35(39,40)41)26(18-6-7-22(37)29-25(18)20(14-42)30(43)51-29)27(38)28(19)44-32(45-31)49-16-34-9-5-10-46(34)15-17(36)13-34/h4,6-7,12,17,23H,1,5,8-11,13,15-16,43H2,2-3H3. The Morgan fingerprint density at radius 3 is 2.73 bits per heavy atom. The molecule has 3 atom stereocenters. The van der Waals surface area contributed by atoms with E-state index in [0.29, 0.717) is 30.4 Å². The van der Waals surface area contributed by atoms with Crippen molar-refractivity contribution in [3.05, 3.63) is 53.6 Å². The second-order valence-corrected chi connectivity index (χ2v) is 14.7. The predicted molar refractivity (Wildman–Crippen MR) is 178 cm³/mol. The van der Waals surface area contributed by atoms with Crippen LogP contribution in [0, 0.1) is 23.0 Å². The number of benzene rings is 2. The highest BCUT2D eigenvalue weighted by molar-refractivity contribution is 7.23. The molecule has 0 bridgehead atoms. The van der Waals surface area contributed by atoms with E-state index in [2.05, 4.69) is 16.5 Å². The zero-order chi connectivity index (χ0) is 36.6. The van der Waals surface area contributed by atoms with Crippen LogP contribution >= 0.6 is 11.3 Å². The second kappa shape index (κ2) is 12.3. The van der Waals surface area contributed by atoms with Gasteiger partial charge in [0.1, 0.15) is 41.3 Å². The highest BCUT2D eigenvalue weighted by atomic mass is 32.1. The number of anilines is 1. The largest absolute Gasteiger partial charge is 0.471 e. The summed E-state index contributed by atoms with van der Waals surface area (Å²) in [5, 5.41) is 8.96. The summed E-state index contributed by atoms with van der Waals surface area (Å²) in [4.78, 5) is 24.7. The Hall–Kier alpha value is -4.62. The number of nitrogens with zero attached hydrogens (tertiary/aromatic N) is 5. The minimum atomic E-state index is -5.16. The number of likely N-dealkylation sites (tertiary alicyclic amines) is 1. The first-order chi connectivity index (χ1) is 24.1. The van der Waals surface area contributed by atoms with Crippen molar-refractivity contribution in [1.82, 2.24) is 19.8 Å². The summed E-state index contributed by atoms with van der Waals surface area (Å²) in [5.41, 5.74) is 0.564. The maximum absolute atomic E-state index is 17.0. The van der Waals surface area contributed by atoms with Crippen LogP contribution in [0.15, 0.2) is 30.9 Å². The lowest BCUT2D eigenvalue weighted by atomic mass is 9.92. The molecule has 3 unspecified atom stereocenters. The average Bonchev–Trinajstić information content (AvgIpc) is 3.79. The van der Waals surface area contributed by atoms with Gasteiger partial charge in [0, 0.05) is 36.9 Å². The molecule has 0 saturated carbocycles. The van der Waals surface area contributed by atoms with Gasteiger partial charge in [0.2, 0.25) is 11.8 Å². The third-order valence-electron chi connectivity index (χ3n) is 10.4. The fraction of sp³-hybridized carbons (Fsp3) is 0.429. The number of carbonyl (C=O) groups excluding carboxylic acids is 1. The van der Waals surface area contributed by atoms with E-state index >= 15 is 4.39 Å². The number of nitrogen functional groups attached to an aromatic ring is 1. The van der Waals surface area contributed by atoms with E-state index in [1.54, 1.807) is 19.9 Å². The van der Waals surface area contributed by atoms with Crippen LogP contribution in [0.4, 0.5) is 31.3 Å². The molecule has 2 aromatic heterocycles. The number of hydrogen-bond acceptors (Lipinski definition) is 9. The molecule has 16 heteroatoms. The van der Waals surface area contributed by atoms with Gasteiger partial charge >= 0.3 is 12.2 Å². The average molecular weight is 731 g/mol. The topological polar surface area (TPSA) is 118 Å². The van der Waals surface area contributed by atoms with Gasteiger partial charge in [0.15, 0.2) is 5.82 Å². The molecular formula is C35H32F6N6O3S. The number of carbonyl (C=O) groups is 1. The van der Waals surface area contributed by atoms with Crippen LogP contribution in [-0.2, 0) is 11.0 Å². The van der Waals surface area contributed by atoms with Crippen molar-refractivity contribution in [3.63, 3.8) is 0 Å². The van der Waals surface area contributed by atoms with E-state index in [9.17, 15) is 32.0 Å². The Morgan fingerprint density at radius 1 is 1.25 bits per heavy atom. The van der Waals surface area contributed by atoms with Gasteiger partial charge in [-0.05, 0) is 57.0 Å². The molecule has 4 aromatic rings. The quantitative estimate of drug-likeness (QED) is 0.157. The molecule has 0 radical (unpaired) electrons. The molecule has 1 amide bonds. The maximum atomic E-state index is 17.0. The Bertz CT molecular complexity index is 2150. The summed E-state index contributed by atoms with van der Waals surface area (Å²) in [6, 6.07) is 3.89. The van der Waals surface area contributed by atoms with Crippen molar-refractivity contribution in [3.8, 4) is 29.1 Å². The third-order valence-corrected chi connectivity index (χ3v) is 11.4. The number of hydrogen-bond donors (Lipinski definition) is 1. The fourth-order valence-electron chi connectivity index (χ4n) is 7.88. The van der Waals surface area contributed by atoms with Crippen LogP contribution < -0.4 is 15.2 Å². The molecule has 3 aliphatic rings. The normalized spacial score (nSPS) is 23.2. The Balaban J connectivity index is 1.43. The molecule has 9 nitrogen and oxygen atoms in total. The van der Waals surface area contributed by atoms with Crippen molar-refractivity contribution >= 4 is 43.2 Å². The van der Waals surface area contributed by atoms with E-state index < -0.39 is 80.6 Å². The van der Waals surface area contributed by atoms with Gasteiger partial charge < -0.3 is 20.1 Å². The monoisotopic (exact) mass is 730 g/mol. The SMILES string of the molecule is C=CC(=O)N1CCC(Oc2nc(OCC34CCCN3CC(F)C4)nc3c(F)c(-c4ccc(F)c5sc(N)c(C#N)c45)c(C(F)(F)F)cc23)C1(C)C. The van der Waals surface area contributed by atoms with E-state index in [4.69, 9.17) is 15.2 Å².